The molecule has 3 N–H and O–H groups in total. The highest BCUT2D eigenvalue weighted by Gasteiger charge is 2.41. The van der Waals surface area contributed by atoms with Crippen molar-refractivity contribution in [3.63, 3.8) is 0 Å². The highest BCUT2D eigenvalue weighted by Crippen LogP contribution is 2.28. The number of nitrogens with one attached hydrogen (secondary N) is 3. The minimum atomic E-state index is -0.620. The Morgan fingerprint density at radius 1 is 1.29 bits per heavy atom. The van der Waals surface area contributed by atoms with Gasteiger partial charge in [-0.3, -0.25) is 19.9 Å². The van der Waals surface area contributed by atoms with E-state index < -0.39 is 5.54 Å². The summed E-state index contributed by atoms with van der Waals surface area (Å²) < 4.78 is 13.7. The van der Waals surface area contributed by atoms with Gasteiger partial charge in [-0.05, 0) is 29.7 Å². The van der Waals surface area contributed by atoms with Crippen LogP contribution in [0.5, 0.6) is 0 Å². The molecule has 0 aliphatic carbocycles. The van der Waals surface area contributed by atoms with Crippen LogP contribution < -0.4 is 10.6 Å². The minimum absolute atomic E-state index is 0.0385. The topological polar surface area (TPSA) is 85.3 Å². The molecule has 0 radical (unpaired) electrons. The fraction of sp³-hybridized carbons (Fsp3) is 0.292. The van der Waals surface area contributed by atoms with E-state index in [1.807, 2.05) is 13.8 Å². The van der Waals surface area contributed by atoms with Crippen molar-refractivity contribution in [2.45, 2.75) is 38.9 Å². The van der Waals surface area contributed by atoms with Crippen LogP contribution in [-0.2, 0) is 17.9 Å². The van der Waals surface area contributed by atoms with Gasteiger partial charge in [-0.2, -0.15) is 0 Å². The normalized spacial score (nSPS) is 18.6. The second-order valence-electron chi connectivity index (χ2n) is 8.00. The quantitative estimate of drug-likeness (QED) is 0.596. The van der Waals surface area contributed by atoms with Gasteiger partial charge in [-0.1, -0.05) is 50.3 Å². The van der Waals surface area contributed by atoms with E-state index in [2.05, 4.69) is 17.2 Å². The number of nitrogens with zero attached hydrogens (tertiary/aromatic N) is 1. The van der Waals surface area contributed by atoms with Gasteiger partial charge in [0, 0.05) is 17.7 Å². The maximum atomic E-state index is 13.7. The SMILES string of the molecule is C=C[C@@]1(C(C)C)CC(=O)N(Cc2ccc(C(=O)NCc3ccccc3F)cc2)C(=N)N1. The third kappa shape index (κ3) is 4.82. The summed E-state index contributed by atoms with van der Waals surface area (Å²) in [5, 5.41) is 14.1. The van der Waals surface area contributed by atoms with Crippen LogP contribution in [0.15, 0.2) is 61.2 Å². The Labute approximate surface area is 181 Å². The number of benzene rings is 2. The summed E-state index contributed by atoms with van der Waals surface area (Å²) in [6.07, 6.45) is 1.93. The van der Waals surface area contributed by atoms with Crippen LogP contribution in [0.3, 0.4) is 0 Å². The zero-order valence-corrected chi connectivity index (χ0v) is 17.7. The molecule has 1 aliphatic rings. The lowest BCUT2D eigenvalue weighted by Gasteiger charge is -2.43. The van der Waals surface area contributed by atoms with Crippen LogP contribution in [0.2, 0.25) is 0 Å². The van der Waals surface area contributed by atoms with Crippen molar-refractivity contribution in [2.24, 2.45) is 5.92 Å². The molecule has 1 saturated heterocycles. The number of amides is 2. The van der Waals surface area contributed by atoms with Gasteiger partial charge in [0.1, 0.15) is 5.82 Å². The first-order valence-corrected chi connectivity index (χ1v) is 10.2. The van der Waals surface area contributed by atoms with E-state index in [0.29, 0.717) is 11.1 Å². The fourth-order valence-electron chi connectivity index (χ4n) is 3.54. The number of carbonyl (C=O) groups excluding carboxylic acids is 2. The fourth-order valence-corrected chi connectivity index (χ4v) is 3.54. The second-order valence-corrected chi connectivity index (χ2v) is 8.00. The molecule has 7 heteroatoms. The highest BCUT2D eigenvalue weighted by atomic mass is 19.1. The van der Waals surface area contributed by atoms with E-state index in [0.717, 1.165) is 5.56 Å². The molecule has 1 atom stereocenters. The van der Waals surface area contributed by atoms with Crippen LogP contribution in [-0.4, -0.2) is 28.2 Å². The zero-order chi connectivity index (χ0) is 22.6. The van der Waals surface area contributed by atoms with Crippen molar-refractivity contribution >= 4 is 17.8 Å². The molecule has 2 amide bonds. The first-order valence-electron chi connectivity index (χ1n) is 10.2. The Morgan fingerprint density at radius 3 is 2.55 bits per heavy atom. The van der Waals surface area contributed by atoms with Crippen molar-refractivity contribution < 1.29 is 14.0 Å². The van der Waals surface area contributed by atoms with Crippen molar-refractivity contribution in [3.05, 3.63) is 83.7 Å². The van der Waals surface area contributed by atoms with E-state index >= 15 is 0 Å². The first-order chi connectivity index (χ1) is 14.8. The summed E-state index contributed by atoms with van der Waals surface area (Å²) in [5.74, 6) is -0.677. The summed E-state index contributed by atoms with van der Waals surface area (Å²) >= 11 is 0. The number of halogens is 1. The molecule has 0 aromatic heterocycles. The Kier molecular flexibility index (Phi) is 6.53. The van der Waals surface area contributed by atoms with Gasteiger partial charge in [-0.25, -0.2) is 4.39 Å². The largest absolute Gasteiger partial charge is 0.348 e. The van der Waals surface area contributed by atoms with Crippen LogP contribution in [0.1, 0.15) is 41.8 Å². The molecule has 1 fully saturated rings. The predicted octanol–water partition coefficient (Wildman–Crippen LogP) is 3.59. The standard InChI is InChI=1S/C24H27FN4O2/c1-4-24(16(2)3)13-21(30)29(23(26)28-24)15-17-9-11-18(12-10-17)22(31)27-14-19-7-5-6-8-20(19)25/h4-12,16H,1,13-15H2,2-3H3,(H2,26,28)(H,27,31)/t24-/m0/s1. The van der Waals surface area contributed by atoms with Gasteiger partial charge in [0.15, 0.2) is 5.96 Å². The average molecular weight is 423 g/mol. The van der Waals surface area contributed by atoms with E-state index in [-0.39, 0.29) is 49.0 Å². The van der Waals surface area contributed by atoms with Crippen LogP contribution in [0.25, 0.3) is 0 Å². The summed E-state index contributed by atoms with van der Waals surface area (Å²) in [7, 11) is 0. The molecule has 3 rings (SSSR count). The summed E-state index contributed by atoms with van der Waals surface area (Å²) in [6, 6.07) is 13.1. The number of guanidine groups is 1. The maximum Gasteiger partial charge on any atom is 0.251 e. The number of hydrogen-bond acceptors (Lipinski definition) is 3. The van der Waals surface area contributed by atoms with Crippen LogP contribution >= 0.6 is 0 Å². The van der Waals surface area contributed by atoms with Gasteiger partial charge in [0.25, 0.3) is 5.91 Å². The molecule has 1 aliphatic heterocycles. The first kappa shape index (κ1) is 22.2. The van der Waals surface area contributed by atoms with Crippen LogP contribution in [0.4, 0.5) is 4.39 Å². The second kappa shape index (κ2) is 9.12. The minimum Gasteiger partial charge on any atom is -0.348 e. The Bertz CT molecular complexity index is 983. The lowest BCUT2D eigenvalue weighted by Crippen LogP contribution is -2.63. The zero-order valence-electron chi connectivity index (χ0n) is 17.7. The molecule has 0 unspecified atom stereocenters. The smallest absolute Gasteiger partial charge is 0.251 e. The molecule has 2 aromatic rings. The highest BCUT2D eigenvalue weighted by molar-refractivity contribution is 5.99. The Hall–Kier alpha value is -3.48. The van der Waals surface area contributed by atoms with Gasteiger partial charge >= 0.3 is 0 Å². The molecule has 0 saturated carbocycles. The monoisotopic (exact) mass is 422 g/mol. The van der Waals surface area contributed by atoms with Gasteiger partial charge in [0.2, 0.25) is 5.91 Å². The molecule has 0 spiro atoms. The van der Waals surface area contributed by atoms with Crippen molar-refractivity contribution in [1.29, 1.82) is 5.41 Å². The van der Waals surface area contributed by atoms with E-state index in [1.165, 1.54) is 11.0 Å². The van der Waals surface area contributed by atoms with E-state index in [1.54, 1.807) is 48.5 Å². The number of hydrogen-bond donors (Lipinski definition) is 3. The molecular weight excluding hydrogens is 395 g/mol. The molecule has 162 valence electrons. The summed E-state index contributed by atoms with van der Waals surface area (Å²) in [4.78, 5) is 26.5. The molecule has 1 heterocycles. The third-order valence-electron chi connectivity index (χ3n) is 5.71. The lowest BCUT2D eigenvalue weighted by molar-refractivity contribution is -0.131. The summed E-state index contributed by atoms with van der Waals surface area (Å²) in [5.41, 5.74) is 1.02. The average Bonchev–Trinajstić information content (AvgIpc) is 2.75. The third-order valence-corrected chi connectivity index (χ3v) is 5.71. The van der Waals surface area contributed by atoms with Gasteiger partial charge in [-0.15, -0.1) is 6.58 Å². The van der Waals surface area contributed by atoms with E-state index in [9.17, 15) is 14.0 Å². The van der Waals surface area contributed by atoms with E-state index in [4.69, 9.17) is 5.41 Å². The Balaban J connectivity index is 1.62. The van der Waals surface area contributed by atoms with Crippen molar-refractivity contribution in [3.8, 4) is 0 Å². The molecule has 2 aromatic carbocycles. The lowest BCUT2D eigenvalue weighted by atomic mass is 9.81. The predicted molar refractivity (Wildman–Crippen MR) is 118 cm³/mol. The van der Waals surface area contributed by atoms with Crippen LogP contribution in [0, 0.1) is 17.1 Å². The molecule has 6 nitrogen and oxygen atoms in total. The van der Waals surface area contributed by atoms with Crippen molar-refractivity contribution in [1.82, 2.24) is 15.5 Å². The summed E-state index contributed by atoms with van der Waals surface area (Å²) in [6.45, 7) is 8.13. The molecular formula is C24H27FN4O2. The number of carbonyl (C=O) groups is 2. The number of rotatable bonds is 7. The molecule has 31 heavy (non-hydrogen) atoms. The maximum absolute atomic E-state index is 13.7. The van der Waals surface area contributed by atoms with Gasteiger partial charge < -0.3 is 10.6 Å². The van der Waals surface area contributed by atoms with Crippen molar-refractivity contribution in [2.75, 3.05) is 0 Å². The molecule has 0 bridgehead atoms. The Morgan fingerprint density at radius 2 is 1.97 bits per heavy atom. The van der Waals surface area contributed by atoms with Gasteiger partial charge in [0.05, 0.1) is 18.5 Å².